The average Bonchev–Trinajstić information content (AvgIpc) is 2.93. The van der Waals surface area contributed by atoms with Crippen LogP contribution in [0.15, 0.2) is 78.4 Å². The lowest BCUT2D eigenvalue weighted by Gasteiger charge is -2.11. The Bertz CT molecular complexity index is 1290. The summed E-state index contributed by atoms with van der Waals surface area (Å²) in [5.74, 6) is 1.22. The van der Waals surface area contributed by atoms with Crippen LogP contribution in [0.1, 0.15) is 28.4 Å². The molecule has 9 heteroatoms. The number of hydrazone groups is 1. The summed E-state index contributed by atoms with van der Waals surface area (Å²) in [7, 11) is 2.99. The van der Waals surface area contributed by atoms with E-state index in [0.717, 1.165) is 5.56 Å². The topological polar surface area (TPSA) is 105 Å². The van der Waals surface area contributed by atoms with Crippen LogP contribution in [-0.4, -0.2) is 45.5 Å². The Morgan fingerprint density at radius 3 is 2.29 bits per heavy atom. The van der Waals surface area contributed by atoms with Gasteiger partial charge < -0.3 is 23.7 Å². The summed E-state index contributed by atoms with van der Waals surface area (Å²) in [6, 6.07) is 17.0. The molecule has 0 atom stereocenters. The van der Waals surface area contributed by atoms with Crippen molar-refractivity contribution in [2.24, 2.45) is 5.10 Å². The highest BCUT2D eigenvalue weighted by molar-refractivity contribution is 5.92. The first-order valence-corrected chi connectivity index (χ1v) is 11.8. The SMILES string of the molecule is C=CCc1ccc(OCC(=O)NN=Cc2ccc(OC(=O)c3ccc(OCC)cc3)c(OC)c2)c(OC)c1. The lowest BCUT2D eigenvalue weighted by Crippen LogP contribution is -2.24. The van der Waals surface area contributed by atoms with Gasteiger partial charge in [-0.05, 0) is 79.1 Å². The van der Waals surface area contributed by atoms with Crippen molar-refractivity contribution in [3.8, 4) is 28.7 Å². The summed E-state index contributed by atoms with van der Waals surface area (Å²) < 4.78 is 27.1. The van der Waals surface area contributed by atoms with Crippen LogP contribution >= 0.6 is 0 Å². The number of esters is 1. The summed E-state index contributed by atoms with van der Waals surface area (Å²) in [6.45, 7) is 5.89. The zero-order chi connectivity index (χ0) is 27.3. The predicted molar refractivity (Wildman–Crippen MR) is 144 cm³/mol. The molecule has 0 aliphatic carbocycles. The smallest absolute Gasteiger partial charge is 0.343 e. The van der Waals surface area contributed by atoms with Gasteiger partial charge in [0.1, 0.15) is 5.75 Å². The van der Waals surface area contributed by atoms with Gasteiger partial charge in [0.05, 0.1) is 32.6 Å². The summed E-state index contributed by atoms with van der Waals surface area (Å²) in [4.78, 5) is 24.7. The Labute approximate surface area is 221 Å². The summed E-state index contributed by atoms with van der Waals surface area (Å²) >= 11 is 0. The number of benzene rings is 3. The number of hydrogen-bond acceptors (Lipinski definition) is 8. The number of carbonyl (C=O) groups excluding carboxylic acids is 2. The monoisotopic (exact) mass is 518 g/mol. The van der Waals surface area contributed by atoms with Gasteiger partial charge in [0.15, 0.2) is 29.6 Å². The highest BCUT2D eigenvalue weighted by atomic mass is 16.6. The molecular formula is C29H30N2O7. The molecule has 0 spiro atoms. The molecule has 1 N–H and O–H groups in total. The fraction of sp³-hybridized carbons (Fsp3) is 0.207. The van der Waals surface area contributed by atoms with Crippen molar-refractivity contribution < 1.29 is 33.3 Å². The molecule has 3 rings (SSSR count). The summed E-state index contributed by atoms with van der Waals surface area (Å²) in [6.07, 6.45) is 3.92. The lowest BCUT2D eigenvalue weighted by atomic mass is 10.1. The van der Waals surface area contributed by atoms with Crippen LogP contribution < -0.4 is 29.1 Å². The molecular weight excluding hydrogens is 488 g/mol. The van der Waals surface area contributed by atoms with Crippen molar-refractivity contribution in [1.29, 1.82) is 0 Å². The molecule has 3 aromatic rings. The highest BCUT2D eigenvalue weighted by Crippen LogP contribution is 2.29. The first-order valence-electron chi connectivity index (χ1n) is 11.8. The van der Waals surface area contributed by atoms with Gasteiger partial charge in [-0.2, -0.15) is 5.10 Å². The molecule has 0 aromatic heterocycles. The second kappa shape index (κ2) is 14.1. The Balaban J connectivity index is 1.55. The van der Waals surface area contributed by atoms with E-state index in [0.29, 0.717) is 47.2 Å². The van der Waals surface area contributed by atoms with Crippen LogP contribution in [0.4, 0.5) is 0 Å². The predicted octanol–water partition coefficient (Wildman–Crippen LogP) is 4.58. The molecule has 38 heavy (non-hydrogen) atoms. The maximum absolute atomic E-state index is 12.5. The number of amides is 1. The standard InChI is InChI=1S/C29H30N2O7/c1-5-7-20-8-14-24(26(16-20)34-3)37-19-28(32)31-30-18-21-9-15-25(27(17-21)35-4)38-29(33)22-10-12-23(13-11-22)36-6-2/h5,8-18H,1,6-7,19H2,2-4H3,(H,31,32). The number of ether oxygens (including phenoxy) is 5. The van der Waals surface area contributed by atoms with Gasteiger partial charge in [0, 0.05) is 0 Å². The first kappa shape index (κ1) is 27.8. The number of rotatable bonds is 13. The fourth-order valence-corrected chi connectivity index (χ4v) is 3.34. The largest absolute Gasteiger partial charge is 0.494 e. The molecule has 0 saturated heterocycles. The highest BCUT2D eigenvalue weighted by Gasteiger charge is 2.13. The van der Waals surface area contributed by atoms with Crippen molar-refractivity contribution in [2.75, 3.05) is 27.4 Å². The van der Waals surface area contributed by atoms with Crippen LogP contribution in [0.3, 0.4) is 0 Å². The van der Waals surface area contributed by atoms with Gasteiger partial charge >= 0.3 is 5.97 Å². The lowest BCUT2D eigenvalue weighted by molar-refractivity contribution is -0.123. The van der Waals surface area contributed by atoms with Gasteiger partial charge in [-0.15, -0.1) is 6.58 Å². The third kappa shape index (κ3) is 7.86. The van der Waals surface area contributed by atoms with Gasteiger partial charge in [-0.3, -0.25) is 4.79 Å². The minimum Gasteiger partial charge on any atom is -0.494 e. The van der Waals surface area contributed by atoms with Crippen molar-refractivity contribution in [3.05, 3.63) is 90.0 Å². The van der Waals surface area contributed by atoms with E-state index >= 15 is 0 Å². The molecule has 0 aliphatic rings. The number of carbonyl (C=O) groups is 2. The Morgan fingerprint density at radius 2 is 1.61 bits per heavy atom. The number of nitrogens with one attached hydrogen (secondary N) is 1. The van der Waals surface area contributed by atoms with Gasteiger partial charge in [0.25, 0.3) is 5.91 Å². The third-order valence-electron chi connectivity index (χ3n) is 5.16. The first-order chi connectivity index (χ1) is 18.5. The van der Waals surface area contributed by atoms with Crippen LogP contribution in [0.25, 0.3) is 0 Å². The molecule has 198 valence electrons. The molecule has 0 heterocycles. The van der Waals surface area contributed by atoms with E-state index < -0.39 is 11.9 Å². The molecule has 3 aromatic carbocycles. The number of methoxy groups -OCH3 is 2. The van der Waals surface area contributed by atoms with Crippen LogP contribution in [-0.2, 0) is 11.2 Å². The van der Waals surface area contributed by atoms with Crippen molar-refractivity contribution in [3.63, 3.8) is 0 Å². The second-order valence-electron chi connectivity index (χ2n) is 7.82. The normalized spacial score (nSPS) is 10.5. The zero-order valence-corrected chi connectivity index (χ0v) is 21.6. The maximum Gasteiger partial charge on any atom is 0.343 e. The van der Waals surface area contributed by atoms with E-state index in [9.17, 15) is 9.59 Å². The maximum atomic E-state index is 12.5. The molecule has 1 amide bonds. The number of hydrogen-bond donors (Lipinski definition) is 1. The molecule has 0 fully saturated rings. The molecule has 0 bridgehead atoms. The molecule has 0 saturated carbocycles. The average molecular weight is 519 g/mol. The Kier molecular flexibility index (Phi) is 10.3. The number of nitrogens with zero attached hydrogens (tertiary/aromatic N) is 1. The summed E-state index contributed by atoms with van der Waals surface area (Å²) in [5.41, 5.74) is 4.41. The fourth-order valence-electron chi connectivity index (χ4n) is 3.34. The van der Waals surface area contributed by atoms with E-state index in [4.69, 9.17) is 23.7 Å². The quantitative estimate of drug-likeness (QED) is 0.116. The third-order valence-corrected chi connectivity index (χ3v) is 5.16. The zero-order valence-electron chi connectivity index (χ0n) is 21.6. The minimum atomic E-state index is -0.535. The van der Waals surface area contributed by atoms with Gasteiger partial charge in [-0.1, -0.05) is 12.1 Å². The van der Waals surface area contributed by atoms with E-state index in [1.54, 1.807) is 54.6 Å². The Morgan fingerprint density at radius 1 is 0.895 bits per heavy atom. The van der Waals surface area contributed by atoms with E-state index in [1.807, 2.05) is 19.1 Å². The molecule has 0 radical (unpaired) electrons. The summed E-state index contributed by atoms with van der Waals surface area (Å²) in [5, 5.41) is 3.95. The van der Waals surface area contributed by atoms with Crippen LogP contribution in [0.5, 0.6) is 28.7 Å². The van der Waals surface area contributed by atoms with Gasteiger partial charge in [0.2, 0.25) is 0 Å². The van der Waals surface area contributed by atoms with Crippen molar-refractivity contribution in [1.82, 2.24) is 5.43 Å². The molecule has 0 aliphatic heterocycles. The van der Waals surface area contributed by atoms with Gasteiger partial charge in [-0.25, -0.2) is 10.2 Å². The van der Waals surface area contributed by atoms with E-state index in [2.05, 4.69) is 17.1 Å². The van der Waals surface area contributed by atoms with E-state index in [-0.39, 0.29) is 12.4 Å². The van der Waals surface area contributed by atoms with E-state index in [1.165, 1.54) is 20.4 Å². The number of allylic oxidation sites excluding steroid dienone is 1. The van der Waals surface area contributed by atoms with Crippen LogP contribution in [0.2, 0.25) is 0 Å². The van der Waals surface area contributed by atoms with Crippen molar-refractivity contribution in [2.45, 2.75) is 13.3 Å². The molecule has 0 unspecified atom stereocenters. The minimum absolute atomic E-state index is 0.244. The Hall–Kier alpha value is -4.79. The van der Waals surface area contributed by atoms with Crippen molar-refractivity contribution >= 4 is 18.1 Å². The molecule has 9 nitrogen and oxygen atoms in total. The van der Waals surface area contributed by atoms with Crippen LogP contribution in [0, 0.1) is 0 Å². The second-order valence-corrected chi connectivity index (χ2v) is 7.82.